The van der Waals surface area contributed by atoms with Crippen molar-refractivity contribution in [2.24, 2.45) is 5.10 Å². The lowest BCUT2D eigenvalue weighted by Gasteiger charge is -2.33. The van der Waals surface area contributed by atoms with Crippen molar-refractivity contribution in [2.75, 3.05) is 35.0 Å². The molecular formula is C27H27ClN4O2. The molecule has 0 radical (unpaired) electrons. The van der Waals surface area contributed by atoms with Crippen LogP contribution in [-0.2, 0) is 4.79 Å². The molecule has 3 aromatic rings. The van der Waals surface area contributed by atoms with E-state index in [4.69, 9.17) is 21.4 Å². The lowest BCUT2D eigenvalue weighted by Crippen LogP contribution is -2.38. The molecule has 6 nitrogen and oxygen atoms in total. The summed E-state index contributed by atoms with van der Waals surface area (Å²) in [5.41, 5.74) is 3.83. The average molecular weight is 475 g/mol. The number of benzene rings is 3. The lowest BCUT2D eigenvalue weighted by atomic mass is 10.1. The fourth-order valence-electron chi connectivity index (χ4n) is 4.68. The van der Waals surface area contributed by atoms with Crippen LogP contribution in [-0.4, -0.2) is 31.8 Å². The molecule has 2 aliphatic rings. The van der Waals surface area contributed by atoms with Crippen LogP contribution >= 0.6 is 11.6 Å². The molecule has 0 saturated carbocycles. The number of nitrogens with zero attached hydrogens (tertiary/aromatic N) is 4. The minimum Gasteiger partial charge on any atom is -0.496 e. The van der Waals surface area contributed by atoms with E-state index in [0.717, 1.165) is 35.8 Å². The minimum atomic E-state index is -0.408. The Bertz CT molecular complexity index is 1200. The van der Waals surface area contributed by atoms with Gasteiger partial charge in [-0.25, -0.2) is 5.01 Å². The van der Waals surface area contributed by atoms with E-state index in [0.29, 0.717) is 10.9 Å². The molecule has 2 heterocycles. The van der Waals surface area contributed by atoms with Crippen molar-refractivity contribution in [3.05, 3.63) is 83.4 Å². The van der Waals surface area contributed by atoms with E-state index in [1.54, 1.807) is 14.0 Å². The van der Waals surface area contributed by atoms with Crippen molar-refractivity contribution in [1.82, 2.24) is 0 Å². The Hall–Kier alpha value is -3.51. The standard InChI is InChI=1S/C27H27ClN4O2/c1-19(33)26-29-32(23-11-9-20(28)10-12-23)27(24-7-3-4-8-25(24)34-2)31(26)22-15-13-21(14-16-22)30-17-5-6-18-30/h3-4,7-16,27H,5-6,17-18H2,1-2H3. The van der Waals surface area contributed by atoms with Crippen LogP contribution in [0.4, 0.5) is 17.1 Å². The highest BCUT2D eigenvalue weighted by Crippen LogP contribution is 2.42. The van der Waals surface area contributed by atoms with Gasteiger partial charge in [0.15, 0.2) is 17.8 Å². The van der Waals surface area contributed by atoms with Gasteiger partial charge in [-0.15, -0.1) is 5.10 Å². The molecule has 0 spiro atoms. The number of hydrogen-bond donors (Lipinski definition) is 0. The number of ketones is 1. The largest absolute Gasteiger partial charge is 0.496 e. The summed E-state index contributed by atoms with van der Waals surface area (Å²) in [6.07, 6.45) is 2.04. The number of amidine groups is 1. The van der Waals surface area contributed by atoms with E-state index >= 15 is 0 Å². The number of Topliss-reactive ketones (excluding diaryl/α,β-unsaturated/α-hetero) is 1. The third-order valence-electron chi connectivity index (χ3n) is 6.33. The van der Waals surface area contributed by atoms with Crippen molar-refractivity contribution in [2.45, 2.75) is 25.9 Å². The van der Waals surface area contributed by atoms with E-state index in [-0.39, 0.29) is 5.78 Å². The van der Waals surface area contributed by atoms with Crippen molar-refractivity contribution in [3.63, 3.8) is 0 Å². The lowest BCUT2D eigenvalue weighted by molar-refractivity contribution is -0.111. The molecule has 1 atom stereocenters. The van der Waals surface area contributed by atoms with Crippen molar-refractivity contribution < 1.29 is 9.53 Å². The summed E-state index contributed by atoms with van der Waals surface area (Å²) in [4.78, 5) is 17.2. The number of carbonyl (C=O) groups is 1. The highest BCUT2D eigenvalue weighted by atomic mass is 35.5. The van der Waals surface area contributed by atoms with Gasteiger partial charge in [0.05, 0.1) is 12.8 Å². The van der Waals surface area contributed by atoms with Gasteiger partial charge in [0, 0.05) is 42.0 Å². The SMILES string of the molecule is COc1ccccc1C1N(c2ccc(Cl)cc2)N=C(C(C)=O)N1c1ccc(N2CCCC2)cc1. The summed E-state index contributed by atoms with van der Waals surface area (Å²) in [6.45, 7) is 3.71. The third-order valence-corrected chi connectivity index (χ3v) is 6.58. The number of anilines is 3. The topological polar surface area (TPSA) is 48.4 Å². The number of para-hydroxylation sites is 1. The van der Waals surface area contributed by atoms with Crippen LogP contribution in [0.5, 0.6) is 5.75 Å². The third kappa shape index (κ3) is 4.10. The summed E-state index contributed by atoms with van der Waals surface area (Å²) in [5.74, 6) is 0.991. The molecule has 5 rings (SSSR count). The monoisotopic (exact) mass is 474 g/mol. The van der Waals surface area contributed by atoms with Crippen LogP contribution < -0.4 is 19.5 Å². The fourth-order valence-corrected chi connectivity index (χ4v) is 4.80. The van der Waals surface area contributed by atoms with Gasteiger partial charge in [-0.2, -0.15) is 0 Å². The first-order valence-corrected chi connectivity index (χ1v) is 11.9. The molecule has 0 bridgehead atoms. The zero-order valence-corrected chi connectivity index (χ0v) is 20.1. The van der Waals surface area contributed by atoms with Gasteiger partial charge in [0.1, 0.15) is 5.75 Å². The number of rotatable bonds is 6. The second-order valence-corrected chi connectivity index (χ2v) is 8.93. The predicted octanol–water partition coefficient (Wildman–Crippen LogP) is 5.88. The van der Waals surface area contributed by atoms with Gasteiger partial charge in [-0.05, 0) is 67.4 Å². The highest BCUT2D eigenvalue weighted by molar-refractivity contribution is 6.44. The van der Waals surface area contributed by atoms with Crippen LogP contribution in [0.25, 0.3) is 0 Å². The van der Waals surface area contributed by atoms with E-state index in [9.17, 15) is 4.79 Å². The Labute approximate surface area is 205 Å². The van der Waals surface area contributed by atoms with E-state index in [2.05, 4.69) is 29.2 Å². The van der Waals surface area contributed by atoms with E-state index in [1.165, 1.54) is 18.5 Å². The maximum Gasteiger partial charge on any atom is 0.198 e. The normalized spacial score (nSPS) is 17.8. The number of carbonyl (C=O) groups excluding carboxylic acids is 1. The summed E-state index contributed by atoms with van der Waals surface area (Å²) in [7, 11) is 1.66. The zero-order chi connectivity index (χ0) is 23.7. The first-order chi connectivity index (χ1) is 16.6. The molecule has 2 aliphatic heterocycles. The zero-order valence-electron chi connectivity index (χ0n) is 19.3. The second-order valence-electron chi connectivity index (χ2n) is 8.50. The summed E-state index contributed by atoms with van der Waals surface area (Å²) in [6, 6.07) is 23.7. The molecule has 34 heavy (non-hydrogen) atoms. The fraction of sp³-hybridized carbons (Fsp3) is 0.259. The number of hydrazone groups is 1. The van der Waals surface area contributed by atoms with E-state index < -0.39 is 6.17 Å². The second kappa shape index (κ2) is 9.39. The Morgan fingerprint density at radius 1 is 0.912 bits per heavy atom. The smallest absolute Gasteiger partial charge is 0.198 e. The molecule has 0 aliphatic carbocycles. The van der Waals surface area contributed by atoms with Crippen molar-refractivity contribution in [1.29, 1.82) is 0 Å². The maximum atomic E-state index is 12.8. The Morgan fingerprint density at radius 2 is 1.53 bits per heavy atom. The number of halogens is 1. The highest BCUT2D eigenvalue weighted by Gasteiger charge is 2.40. The van der Waals surface area contributed by atoms with Gasteiger partial charge in [0.2, 0.25) is 0 Å². The summed E-state index contributed by atoms with van der Waals surface area (Å²) < 4.78 is 5.71. The van der Waals surface area contributed by atoms with Crippen LogP contribution in [0.3, 0.4) is 0 Å². The Kier molecular flexibility index (Phi) is 6.16. The molecule has 0 N–H and O–H groups in total. The molecule has 1 saturated heterocycles. The van der Waals surface area contributed by atoms with Crippen LogP contribution in [0, 0.1) is 0 Å². The number of methoxy groups -OCH3 is 1. The van der Waals surface area contributed by atoms with Gasteiger partial charge in [0.25, 0.3) is 0 Å². The molecule has 3 aromatic carbocycles. The Morgan fingerprint density at radius 3 is 2.18 bits per heavy atom. The van der Waals surface area contributed by atoms with Gasteiger partial charge >= 0.3 is 0 Å². The molecule has 1 unspecified atom stereocenters. The first kappa shape index (κ1) is 22.3. The predicted molar refractivity (Wildman–Crippen MR) is 138 cm³/mol. The van der Waals surface area contributed by atoms with Crippen LogP contribution in [0.1, 0.15) is 31.5 Å². The molecule has 1 fully saturated rings. The molecule has 0 amide bonds. The molecule has 0 aromatic heterocycles. The molecule has 174 valence electrons. The summed E-state index contributed by atoms with van der Waals surface area (Å²) >= 11 is 6.15. The van der Waals surface area contributed by atoms with Gasteiger partial charge in [-0.3, -0.25) is 9.69 Å². The number of hydrogen-bond acceptors (Lipinski definition) is 6. The molecule has 7 heteroatoms. The van der Waals surface area contributed by atoms with Crippen molar-refractivity contribution in [3.8, 4) is 5.75 Å². The number of ether oxygens (including phenoxy) is 1. The van der Waals surface area contributed by atoms with Crippen LogP contribution in [0.2, 0.25) is 5.02 Å². The first-order valence-electron chi connectivity index (χ1n) is 11.5. The van der Waals surface area contributed by atoms with Gasteiger partial charge < -0.3 is 9.64 Å². The average Bonchev–Trinajstić information content (AvgIpc) is 3.53. The maximum absolute atomic E-state index is 12.8. The van der Waals surface area contributed by atoms with E-state index in [1.807, 2.05) is 58.4 Å². The Balaban J connectivity index is 1.63. The summed E-state index contributed by atoms with van der Waals surface area (Å²) in [5, 5.41) is 7.30. The molecular weight excluding hydrogens is 448 g/mol. The minimum absolute atomic E-state index is 0.111. The quantitative estimate of drug-likeness (QED) is 0.446. The van der Waals surface area contributed by atoms with Crippen molar-refractivity contribution >= 4 is 40.3 Å². The van der Waals surface area contributed by atoms with Gasteiger partial charge in [-0.1, -0.05) is 29.8 Å². The van der Waals surface area contributed by atoms with Crippen LogP contribution in [0.15, 0.2) is 77.9 Å².